The van der Waals surface area contributed by atoms with Gasteiger partial charge >= 0.3 is 5.97 Å². The average molecular weight is 605 g/mol. The summed E-state index contributed by atoms with van der Waals surface area (Å²) in [6.45, 7) is 3.66. The second kappa shape index (κ2) is 13.9. The zero-order valence-electron chi connectivity index (χ0n) is 25.7. The van der Waals surface area contributed by atoms with E-state index in [1.54, 1.807) is 21.3 Å². The van der Waals surface area contributed by atoms with Gasteiger partial charge < -0.3 is 33.7 Å². The predicted molar refractivity (Wildman–Crippen MR) is 164 cm³/mol. The van der Waals surface area contributed by atoms with Crippen LogP contribution in [0.2, 0.25) is 0 Å². The Bertz CT molecular complexity index is 1460. The predicted octanol–water partition coefficient (Wildman–Crippen LogP) is 5.11. The number of ether oxygens (including phenoxy) is 5. The first-order valence-corrected chi connectivity index (χ1v) is 14.9. The molecule has 0 spiro atoms. The first kappa shape index (κ1) is 31.0. The molecule has 1 fully saturated rings. The maximum absolute atomic E-state index is 14.1. The van der Waals surface area contributed by atoms with Crippen LogP contribution in [0, 0.1) is 5.92 Å². The van der Waals surface area contributed by atoms with Gasteiger partial charge in [-0.2, -0.15) is 0 Å². The molecule has 0 radical (unpaired) electrons. The minimum atomic E-state index is -0.920. The van der Waals surface area contributed by atoms with Crippen molar-refractivity contribution in [1.29, 1.82) is 0 Å². The van der Waals surface area contributed by atoms with Crippen molar-refractivity contribution in [3.05, 3.63) is 77.4 Å². The molecule has 10 nitrogen and oxygen atoms in total. The maximum Gasteiger partial charge on any atom is 0.309 e. The summed E-state index contributed by atoms with van der Waals surface area (Å²) in [4.78, 5) is 30.9. The molecule has 3 aromatic rings. The molecule has 10 heteroatoms. The minimum Gasteiger partial charge on any atom is -0.497 e. The number of nitrogens with zero attached hydrogens (tertiary/aromatic N) is 2. The molecule has 2 heterocycles. The molecule has 0 bridgehead atoms. The Balaban J connectivity index is 1.46. The van der Waals surface area contributed by atoms with Crippen LogP contribution in [0.15, 0.2) is 60.7 Å². The van der Waals surface area contributed by atoms with E-state index in [-0.39, 0.29) is 25.2 Å². The SMILES string of the molecule is CCCCN(Cc1ccc(OC)c(OC)c1)C(=O)CN1CC(c2ccc3c(c2)OCO3)C(C(=O)O)C1c1ccc(OC)cc1. The molecule has 0 aliphatic carbocycles. The van der Waals surface area contributed by atoms with Crippen molar-refractivity contribution >= 4 is 11.9 Å². The lowest BCUT2D eigenvalue weighted by Gasteiger charge is -2.30. The first-order valence-electron chi connectivity index (χ1n) is 14.9. The fourth-order valence-electron chi connectivity index (χ4n) is 6.19. The standard InChI is InChI=1S/C34H40N2O8/c1-5-6-15-35(18-22-7-13-27(41-3)29(16-22)42-4)31(37)20-36-19-26(24-10-14-28-30(17-24)44-21-43-28)32(34(38)39)33(36)23-8-11-25(40-2)12-9-23/h7-14,16-17,26,32-33H,5-6,15,18-21H2,1-4H3,(H,38,39). The van der Waals surface area contributed by atoms with Gasteiger partial charge in [0.15, 0.2) is 23.0 Å². The van der Waals surface area contributed by atoms with Crippen molar-refractivity contribution in [3.8, 4) is 28.7 Å². The lowest BCUT2D eigenvalue weighted by Crippen LogP contribution is -2.41. The van der Waals surface area contributed by atoms with E-state index in [2.05, 4.69) is 6.92 Å². The highest BCUT2D eigenvalue weighted by molar-refractivity contribution is 5.79. The van der Waals surface area contributed by atoms with Crippen LogP contribution in [0.5, 0.6) is 28.7 Å². The highest BCUT2D eigenvalue weighted by Crippen LogP contribution is 2.48. The molecule has 2 aliphatic heterocycles. The normalized spacial score (nSPS) is 19.0. The molecule has 3 unspecified atom stereocenters. The highest BCUT2D eigenvalue weighted by Gasteiger charge is 2.48. The van der Waals surface area contributed by atoms with Crippen molar-refractivity contribution in [1.82, 2.24) is 9.80 Å². The van der Waals surface area contributed by atoms with Crippen LogP contribution in [-0.4, -0.2) is 74.5 Å². The number of hydrogen-bond acceptors (Lipinski definition) is 8. The first-order chi connectivity index (χ1) is 21.4. The summed E-state index contributed by atoms with van der Waals surface area (Å²) in [6.07, 6.45) is 1.78. The number of carbonyl (C=O) groups is 2. The van der Waals surface area contributed by atoms with Gasteiger partial charge in [0, 0.05) is 31.6 Å². The summed E-state index contributed by atoms with van der Waals surface area (Å²) in [7, 11) is 4.77. The lowest BCUT2D eigenvalue weighted by atomic mass is 9.82. The molecule has 1 N–H and O–H groups in total. The largest absolute Gasteiger partial charge is 0.497 e. The molecule has 3 atom stereocenters. The van der Waals surface area contributed by atoms with Gasteiger partial charge in [0.25, 0.3) is 0 Å². The van der Waals surface area contributed by atoms with Crippen LogP contribution in [0.4, 0.5) is 0 Å². The van der Waals surface area contributed by atoms with Crippen LogP contribution in [-0.2, 0) is 16.1 Å². The molecule has 0 saturated carbocycles. The van der Waals surface area contributed by atoms with Gasteiger partial charge in [-0.05, 0) is 59.5 Å². The number of carboxylic acid groups (broad SMARTS) is 1. The number of unbranched alkanes of at least 4 members (excludes halogenated alkanes) is 1. The van der Waals surface area contributed by atoms with Gasteiger partial charge in [-0.15, -0.1) is 0 Å². The smallest absolute Gasteiger partial charge is 0.309 e. The number of benzene rings is 3. The van der Waals surface area contributed by atoms with E-state index in [1.807, 2.05) is 70.5 Å². The Labute approximate surface area is 258 Å². The van der Waals surface area contributed by atoms with E-state index in [4.69, 9.17) is 23.7 Å². The maximum atomic E-state index is 14.1. The summed E-state index contributed by atoms with van der Waals surface area (Å²) >= 11 is 0. The molecule has 1 amide bonds. The third-order valence-corrected chi connectivity index (χ3v) is 8.46. The fourth-order valence-corrected chi connectivity index (χ4v) is 6.19. The van der Waals surface area contributed by atoms with Crippen molar-refractivity contribution in [2.75, 3.05) is 47.8 Å². The Hall–Kier alpha value is -4.44. The van der Waals surface area contributed by atoms with Crippen LogP contribution < -0.4 is 23.7 Å². The van der Waals surface area contributed by atoms with E-state index >= 15 is 0 Å². The summed E-state index contributed by atoms with van der Waals surface area (Å²) in [5.74, 6) is 0.970. The van der Waals surface area contributed by atoms with Crippen LogP contribution >= 0.6 is 0 Å². The van der Waals surface area contributed by atoms with Gasteiger partial charge in [-0.3, -0.25) is 14.5 Å². The average Bonchev–Trinajstić information content (AvgIpc) is 3.67. The topological polar surface area (TPSA) is 107 Å². The van der Waals surface area contributed by atoms with E-state index in [9.17, 15) is 14.7 Å². The molecular weight excluding hydrogens is 564 g/mol. The molecule has 44 heavy (non-hydrogen) atoms. The third kappa shape index (κ3) is 6.55. The number of likely N-dealkylation sites (tertiary alicyclic amines) is 1. The van der Waals surface area contributed by atoms with Crippen LogP contribution in [0.25, 0.3) is 0 Å². The second-order valence-electron chi connectivity index (χ2n) is 11.1. The Morgan fingerprint density at radius 2 is 1.64 bits per heavy atom. The molecule has 0 aromatic heterocycles. The molecule has 5 rings (SSSR count). The van der Waals surface area contributed by atoms with Gasteiger partial charge in [0.2, 0.25) is 12.7 Å². The van der Waals surface area contributed by atoms with Crippen molar-refractivity contribution in [2.45, 2.75) is 38.3 Å². The zero-order chi connectivity index (χ0) is 31.2. The zero-order valence-corrected chi connectivity index (χ0v) is 25.7. The Kier molecular flexibility index (Phi) is 9.79. The number of methoxy groups -OCH3 is 3. The van der Waals surface area contributed by atoms with E-state index in [0.717, 1.165) is 29.5 Å². The van der Waals surface area contributed by atoms with Crippen LogP contribution in [0.3, 0.4) is 0 Å². The van der Waals surface area contributed by atoms with E-state index in [0.29, 0.717) is 48.4 Å². The highest BCUT2D eigenvalue weighted by atomic mass is 16.7. The van der Waals surface area contributed by atoms with E-state index < -0.39 is 17.9 Å². The molecule has 3 aromatic carbocycles. The number of hydrogen-bond donors (Lipinski definition) is 1. The summed E-state index contributed by atoms with van der Waals surface area (Å²) in [5.41, 5.74) is 2.57. The summed E-state index contributed by atoms with van der Waals surface area (Å²) < 4.78 is 27.3. The van der Waals surface area contributed by atoms with Crippen molar-refractivity contribution < 1.29 is 38.4 Å². The summed E-state index contributed by atoms with van der Waals surface area (Å²) in [6, 6.07) is 18.1. The van der Waals surface area contributed by atoms with Crippen molar-refractivity contribution in [2.24, 2.45) is 5.92 Å². The molecule has 2 aliphatic rings. The van der Waals surface area contributed by atoms with Crippen molar-refractivity contribution in [3.63, 3.8) is 0 Å². The minimum absolute atomic E-state index is 0.0674. The number of fused-ring (bicyclic) bond motifs is 1. The van der Waals surface area contributed by atoms with Gasteiger partial charge in [-0.25, -0.2) is 0 Å². The Morgan fingerprint density at radius 1 is 0.909 bits per heavy atom. The fraction of sp³-hybridized carbons (Fsp3) is 0.412. The number of rotatable bonds is 13. The van der Waals surface area contributed by atoms with E-state index in [1.165, 1.54) is 0 Å². The van der Waals surface area contributed by atoms with Gasteiger partial charge in [-0.1, -0.05) is 37.6 Å². The van der Waals surface area contributed by atoms with Crippen LogP contribution in [0.1, 0.15) is 48.4 Å². The molecule has 1 saturated heterocycles. The summed E-state index contributed by atoms with van der Waals surface area (Å²) in [5, 5.41) is 10.6. The number of carboxylic acids is 1. The van der Waals surface area contributed by atoms with Gasteiger partial charge in [0.05, 0.1) is 33.8 Å². The third-order valence-electron chi connectivity index (χ3n) is 8.46. The molecule has 234 valence electrons. The number of carbonyl (C=O) groups excluding carboxylic acids is 1. The lowest BCUT2D eigenvalue weighted by molar-refractivity contribution is -0.144. The quantitative estimate of drug-likeness (QED) is 0.285. The number of aliphatic carboxylic acids is 1. The number of amides is 1. The molecular formula is C34H40N2O8. The van der Waals surface area contributed by atoms with Gasteiger partial charge in [0.1, 0.15) is 5.75 Å². The monoisotopic (exact) mass is 604 g/mol. The second-order valence-corrected chi connectivity index (χ2v) is 11.1. The Morgan fingerprint density at radius 3 is 2.32 bits per heavy atom.